The Labute approximate surface area is 224 Å². The zero-order chi connectivity index (χ0) is 30.0. The van der Waals surface area contributed by atoms with E-state index in [1.165, 1.54) is 88.6 Å². The molecule has 14 nitrogen and oxygen atoms in total. The van der Waals surface area contributed by atoms with Crippen molar-refractivity contribution in [3.63, 3.8) is 0 Å². The molecule has 210 valence electrons. The smallest absolute Gasteiger partial charge is 0.312 e. The van der Waals surface area contributed by atoms with Crippen LogP contribution in [0.2, 0.25) is 0 Å². The Morgan fingerprint density at radius 3 is 1.67 bits per heavy atom. The van der Waals surface area contributed by atoms with E-state index < -0.39 is 39.5 Å². The topological polar surface area (TPSA) is 180 Å². The molecule has 0 aliphatic heterocycles. The minimum atomic E-state index is -0.626. The van der Waals surface area contributed by atoms with Crippen LogP contribution < -0.4 is 0 Å². The van der Waals surface area contributed by atoms with Crippen LogP contribution in [-0.4, -0.2) is 85.8 Å². The zero-order valence-electron chi connectivity index (χ0n) is 22.6. The molecule has 0 N–H and O–H groups in total. The van der Waals surface area contributed by atoms with Gasteiger partial charge in [-0.15, -0.1) is 0 Å². The van der Waals surface area contributed by atoms with Crippen LogP contribution in [0.25, 0.3) is 0 Å². The van der Waals surface area contributed by atoms with Crippen molar-refractivity contribution in [1.82, 2.24) is 9.80 Å². The molecule has 0 bridgehead atoms. The van der Waals surface area contributed by atoms with E-state index in [0.29, 0.717) is 11.1 Å². The molecule has 2 aromatic rings. The van der Waals surface area contributed by atoms with Crippen molar-refractivity contribution in [1.29, 1.82) is 0 Å². The lowest BCUT2D eigenvalue weighted by Crippen LogP contribution is -2.23. The number of benzene rings is 2. The normalized spacial score (nSPS) is 10.7. The van der Waals surface area contributed by atoms with Gasteiger partial charge >= 0.3 is 11.9 Å². The highest BCUT2D eigenvalue weighted by Gasteiger charge is 2.25. The molecule has 0 saturated carbocycles. The monoisotopic (exact) mass is 546 g/mol. The summed E-state index contributed by atoms with van der Waals surface area (Å²) in [5.74, 6) is -2.53. The number of hydrogen-bond acceptors (Lipinski definition) is 10. The van der Waals surface area contributed by atoms with Gasteiger partial charge in [-0.25, -0.2) is 0 Å². The Bertz CT molecular complexity index is 1270. The highest BCUT2D eigenvalue weighted by molar-refractivity contribution is 5.99. The van der Waals surface area contributed by atoms with Crippen LogP contribution >= 0.6 is 0 Å². The lowest BCUT2D eigenvalue weighted by Gasteiger charge is -2.14. The molecule has 39 heavy (non-hydrogen) atoms. The Kier molecular flexibility index (Phi) is 11.7. The number of carbonyl (C=O) groups is 4. The van der Waals surface area contributed by atoms with Crippen LogP contribution in [0, 0.1) is 20.2 Å². The van der Waals surface area contributed by atoms with Crippen molar-refractivity contribution >= 4 is 35.1 Å². The first-order valence-corrected chi connectivity index (χ1v) is 11.3. The van der Waals surface area contributed by atoms with Crippen LogP contribution in [0.5, 0.6) is 0 Å². The average Bonchev–Trinajstić information content (AvgIpc) is 2.90. The lowest BCUT2D eigenvalue weighted by molar-refractivity contribution is -0.385. The first-order valence-electron chi connectivity index (χ1n) is 11.3. The van der Waals surface area contributed by atoms with Gasteiger partial charge in [0.1, 0.15) is 11.1 Å². The summed E-state index contributed by atoms with van der Waals surface area (Å²) in [6, 6.07) is 8.04. The summed E-state index contributed by atoms with van der Waals surface area (Å²) in [6.45, 7) is 1.61. The molecule has 1 unspecified atom stereocenters. The van der Waals surface area contributed by atoms with Gasteiger partial charge in [0.25, 0.3) is 23.2 Å². The maximum Gasteiger partial charge on any atom is 0.312 e. The van der Waals surface area contributed by atoms with Crippen molar-refractivity contribution in [2.45, 2.75) is 19.3 Å². The number of nitro benzene ring substituents is 2. The van der Waals surface area contributed by atoms with Crippen LogP contribution in [0.1, 0.15) is 44.7 Å². The van der Waals surface area contributed by atoms with Gasteiger partial charge in [0, 0.05) is 40.3 Å². The quantitative estimate of drug-likeness (QED) is 0.271. The number of carbonyl (C=O) groups excluding carboxylic acids is 4. The molecule has 0 spiro atoms. The van der Waals surface area contributed by atoms with Gasteiger partial charge < -0.3 is 19.3 Å². The fourth-order valence-corrected chi connectivity index (χ4v) is 3.21. The molecular formula is C25H30N4O10. The molecule has 0 aliphatic rings. The third-order valence-corrected chi connectivity index (χ3v) is 5.38. The van der Waals surface area contributed by atoms with E-state index in [4.69, 9.17) is 0 Å². The Morgan fingerprint density at radius 1 is 0.795 bits per heavy atom. The summed E-state index contributed by atoms with van der Waals surface area (Å²) in [5, 5.41) is 21.8. The Hall–Kier alpha value is -4.88. The molecule has 0 aromatic heterocycles. The van der Waals surface area contributed by atoms with Gasteiger partial charge in [0.05, 0.1) is 36.4 Å². The van der Waals surface area contributed by atoms with Gasteiger partial charge in [-0.05, 0) is 30.2 Å². The van der Waals surface area contributed by atoms with Crippen molar-refractivity contribution < 1.29 is 38.5 Å². The molecule has 2 aromatic carbocycles. The highest BCUT2D eigenvalue weighted by atomic mass is 16.6. The third-order valence-electron chi connectivity index (χ3n) is 5.38. The molecule has 2 rings (SSSR count). The Morgan fingerprint density at radius 2 is 1.26 bits per heavy atom. The number of ether oxygens (including phenoxy) is 2. The summed E-state index contributed by atoms with van der Waals surface area (Å²) >= 11 is 0. The Balaban J connectivity index is 0.000000391. The number of hydrogen-bond donors (Lipinski definition) is 0. The molecule has 1 atom stereocenters. The summed E-state index contributed by atoms with van der Waals surface area (Å²) in [7, 11) is 8.51. The molecular weight excluding hydrogens is 516 g/mol. The number of amides is 2. The van der Waals surface area contributed by atoms with Crippen molar-refractivity contribution in [3.8, 4) is 0 Å². The third kappa shape index (κ3) is 8.59. The standard InChI is InChI=1S/C13H16N2O5.C12H14N2O5/c1-8(13(17)20-4)9-5-6-11(15(18)19)10(7-9)12(16)14(2)3;1-13(2)12(16)9-6-8(7-11(15)19-3)4-5-10(9)14(17)18/h5-8H,1-4H3;4-6H,7H2,1-3H3. The molecule has 14 heteroatoms. The first kappa shape index (κ1) is 32.1. The highest BCUT2D eigenvalue weighted by Crippen LogP contribution is 2.26. The molecule has 2 amide bonds. The molecule has 0 saturated heterocycles. The maximum atomic E-state index is 12.0. The van der Waals surface area contributed by atoms with Crippen LogP contribution in [0.4, 0.5) is 11.4 Å². The van der Waals surface area contributed by atoms with Gasteiger partial charge in [0.2, 0.25) is 0 Å². The minimum Gasteiger partial charge on any atom is -0.469 e. The molecule has 0 fully saturated rings. The largest absolute Gasteiger partial charge is 0.469 e. The van der Waals surface area contributed by atoms with Crippen LogP contribution in [0.3, 0.4) is 0 Å². The summed E-state index contributed by atoms with van der Waals surface area (Å²) < 4.78 is 9.14. The number of esters is 2. The summed E-state index contributed by atoms with van der Waals surface area (Å²) in [5.41, 5.74) is 0.316. The van der Waals surface area contributed by atoms with E-state index in [2.05, 4.69) is 9.47 Å². The molecule has 0 heterocycles. The summed E-state index contributed by atoms with van der Waals surface area (Å²) in [4.78, 5) is 69.6. The molecule has 0 aliphatic carbocycles. The first-order chi connectivity index (χ1) is 18.2. The van der Waals surface area contributed by atoms with E-state index in [9.17, 15) is 39.4 Å². The number of rotatable bonds is 8. The fraction of sp³-hybridized carbons (Fsp3) is 0.360. The van der Waals surface area contributed by atoms with Crippen molar-refractivity contribution in [2.75, 3.05) is 42.4 Å². The van der Waals surface area contributed by atoms with E-state index in [0.717, 1.165) is 0 Å². The number of methoxy groups -OCH3 is 2. The zero-order valence-corrected chi connectivity index (χ0v) is 22.6. The van der Waals surface area contributed by atoms with Gasteiger partial charge in [-0.2, -0.15) is 0 Å². The second kappa shape index (κ2) is 14.2. The SMILES string of the molecule is COC(=O)C(C)c1ccc([N+](=O)[O-])c(C(=O)N(C)C)c1.COC(=O)Cc1ccc([N+](=O)[O-])c(C(=O)N(C)C)c1. The maximum absolute atomic E-state index is 12.0. The van der Waals surface area contributed by atoms with Gasteiger partial charge in [-0.1, -0.05) is 12.1 Å². The van der Waals surface area contributed by atoms with Crippen molar-refractivity contribution in [3.05, 3.63) is 78.9 Å². The average molecular weight is 547 g/mol. The van der Waals surface area contributed by atoms with Crippen LogP contribution in [0.15, 0.2) is 36.4 Å². The predicted octanol–water partition coefficient (Wildman–Crippen LogP) is 2.59. The van der Waals surface area contributed by atoms with E-state index in [1.807, 2.05) is 0 Å². The van der Waals surface area contributed by atoms with E-state index in [-0.39, 0.29) is 28.9 Å². The van der Waals surface area contributed by atoms with E-state index in [1.54, 1.807) is 6.92 Å². The second-order valence-electron chi connectivity index (χ2n) is 8.54. The second-order valence-corrected chi connectivity index (χ2v) is 8.54. The number of nitro groups is 2. The molecule has 0 radical (unpaired) electrons. The van der Waals surface area contributed by atoms with Gasteiger partial charge in [-0.3, -0.25) is 39.4 Å². The summed E-state index contributed by atoms with van der Waals surface area (Å²) in [6.07, 6.45) is -0.0395. The van der Waals surface area contributed by atoms with Gasteiger partial charge in [0.15, 0.2) is 0 Å². The van der Waals surface area contributed by atoms with Crippen LogP contribution in [-0.2, 0) is 25.5 Å². The predicted molar refractivity (Wildman–Crippen MR) is 138 cm³/mol. The minimum absolute atomic E-state index is 0.0395. The van der Waals surface area contributed by atoms with Crippen molar-refractivity contribution in [2.24, 2.45) is 0 Å². The van der Waals surface area contributed by atoms with E-state index >= 15 is 0 Å². The lowest BCUT2D eigenvalue weighted by atomic mass is 9.97. The number of nitrogens with zero attached hydrogens (tertiary/aromatic N) is 4. The fourth-order valence-electron chi connectivity index (χ4n) is 3.21.